The van der Waals surface area contributed by atoms with Gasteiger partial charge in [-0.05, 0) is 31.9 Å². The SMILES string of the molecule is CC(CC#N)N(C)C(=O)C1CCCN(C(=O)CCOc2ccccc2)C1. The lowest BCUT2D eigenvalue weighted by Gasteiger charge is -2.35. The van der Waals surface area contributed by atoms with Gasteiger partial charge in [0.1, 0.15) is 5.75 Å². The van der Waals surface area contributed by atoms with Crippen molar-refractivity contribution in [2.24, 2.45) is 5.92 Å². The molecule has 2 atom stereocenters. The second-order valence-electron chi connectivity index (χ2n) is 6.75. The third kappa shape index (κ3) is 5.48. The standard InChI is InChI=1S/C20H27N3O3/c1-16(10-12-21)22(2)20(25)17-7-6-13-23(15-17)19(24)11-14-26-18-8-4-3-5-9-18/h3-5,8-9,16-17H,6-7,10-11,13-15H2,1-2H3. The molecule has 0 saturated carbocycles. The third-order valence-electron chi connectivity index (χ3n) is 4.85. The smallest absolute Gasteiger partial charge is 0.227 e. The maximum Gasteiger partial charge on any atom is 0.227 e. The van der Waals surface area contributed by atoms with Crippen molar-refractivity contribution >= 4 is 11.8 Å². The van der Waals surface area contributed by atoms with Crippen molar-refractivity contribution in [3.05, 3.63) is 30.3 Å². The number of benzene rings is 1. The molecule has 1 aromatic rings. The summed E-state index contributed by atoms with van der Waals surface area (Å²) in [5.74, 6) is 0.603. The van der Waals surface area contributed by atoms with Gasteiger partial charge in [0.25, 0.3) is 0 Å². The number of ether oxygens (including phenoxy) is 1. The Kier molecular flexibility index (Phi) is 7.46. The van der Waals surface area contributed by atoms with Crippen molar-refractivity contribution in [3.8, 4) is 11.8 Å². The van der Waals surface area contributed by atoms with Gasteiger partial charge in [0.15, 0.2) is 0 Å². The fourth-order valence-corrected chi connectivity index (χ4v) is 3.11. The Labute approximate surface area is 155 Å². The zero-order chi connectivity index (χ0) is 18.9. The molecule has 0 N–H and O–H groups in total. The zero-order valence-corrected chi connectivity index (χ0v) is 15.6. The molecule has 1 fully saturated rings. The second-order valence-corrected chi connectivity index (χ2v) is 6.75. The molecule has 1 aromatic carbocycles. The maximum absolute atomic E-state index is 12.6. The van der Waals surface area contributed by atoms with Crippen LogP contribution >= 0.6 is 0 Å². The van der Waals surface area contributed by atoms with E-state index in [0.717, 1.165) is 18.6 Å². The molecule has 2 unspecified atom stereocenters. The van der Waals surface area contributed by atoms with Crippen LogP contribution in [0.2, 0.25) is 0 Å². The Balaban J connectivity index is 1.82. The fraction of sp³-hybridized carbons (Fsp3) is 0.550. The highest BCUT2D eigenvalue weighted by molar-refractivity contribution is 5.81. The zero-order valence-electron chi connectivity index (χ0n) is 15.6. The first-order chi connectivity index (χ1) is 12.5. The molecule has 1 saturated heterocycles. The fourth-order valence-electron chi connectivity index (χ4n) is 3.11. The van der Waals surface area contributed by atoms with Crippen LogP contribution in [0.25, 0.3) is 0 Å². The number of amides is 2. The highest BCUT2D eigenvalue weighted by Gasteiger charge is 2.31. The van der Waals surface area contributed by atoms with E-state index in [1.807, 2.05) is 37.3 Å². The number of hydrogen-bond donors (Lipinski definition) is 0. The van der Waals surface area contributed by atoms with Crippen molar-refractivity contribution in [2.75, 3.05) is 26.7 Å². The van der Waals surface area contributed by atoms with E-state index in [0.29, 0.717) is 32.5 Å². The summed E-state index contributed by atoms with van der Waals surface area (Å²) in [4.78, 5) is 28.5. The first-order valence-electron chi connectivity index (χ1n) is 9.12. The summed E-state index contributed by atoms with van der Waals surface area (Å²) in [7, 11) is 1.73. The Morgan fingerprint density at radius 2 is 2.12 bits per heavy atom. The van der Waals surface area contributed by atoms with Crippen LogP contribution in [-0.4, -0.2) is 54.4 Å². The minimum atomic E-state index is -0.186. The predicted molar refractivity (Wildman–Crippen MR) is 98.3 cm³/mol. The van der Waals surface area contributed by atoms with E-state index in [4.69, 9.17) is 10.00 Å². The predicted octanol–water partition coefficient (Wildman–Crippen LogP) is 2.45. The van der Waals surface area contributed by atoms with Crippen molar-refractivity contribution in [2.45, 2.75) is 38.6 Å². The average molecular weight is 357 g/mol. The first-order valence-corrected chi connectivity index (χ1v) is 9.12. The van der Waals surface area contributed by atoms with E-state index in [-0.39, 0.29) is 23.8 Å². The number of hydrogen-bond acceptors (Lipinski definition) is 4. The maximum atomic E-state index is 12.6. The van der Waals surface area contributed by atoms with E-state index in [2.05, 4.69) is 6.07 Å². The lowest BCUT2D eigenvalue weighted by Crippen LogP contribution is -2.47. The van der Waals surface area contributed by atoms with Gasteiger partial charge in [-0.1, -0.05) is 18.2 Å². The molecular weight excluding hydrogens is 330 g/mol. The summed E-state index contributed by atoms with van der Waals surface area (Å²) in [6, 6.07) is 11.4. The van der Waals surface area contributed by atoms with E-state index in [9.17, 15) is 9.59 Å². The Morgan fingerprint density at radius 1 is 1.38 bits per heavy atom. The molecule has 2 rings (SSSR count). The van der Waals surface area contributed by atoms with E-state index >= 15 is 0 Å². The lowest BCUT2D eigenvalue weighted by molar-refractivity contribution is -0.141. The van der Waals surface area contributed by atoms with E-state index < -0.39 is 0 Å². The monoisotopic (exact) mass is 357 g/mol. The van der Waals surface area contributed by atoms with Crippen LogP contribution in [0.5, 0.6) is 5.75 Å². The van der Waals surface area contributed by atoms with Crippen molar-refractivity contribution in [1.82, 2.24) is 9.80 Å². The summed E-state index contributed by atoms with van der Waals surface area (Å²) in [5.41, 5.74) is 0. The number of piperidine rings is 1. The molecule has 1 aliphatic rings. The van der Waals surface area contributed by atoms with Crippen LogP contribution in [0.15, 0.2) is 30.3 Å². The van der Waals surface area contributed by atoms with Gasteiger partial charge in [-0.25, -0.2) is 0 Å². The van der Waals surface area contributed by atoms with Crippen LogP contribution in [0.1, 0.15) is 32.6 Å². The molecule has 2 amide bonds. The highest BCUT2D eigenvalue weighted by atomic mass is 16.5. The van der Waals surface area contributed by atoms with Crippen molar-refractivity contribution < 1.29 is 14.3 Å². The number of carbonyl (C=O) groups is 2. The molecule has 6 nitrogen and oxygen atoms in total. The van der Waals surface area contributed by atoms with Gasteiger partial charge in [0, 0.05) is 26.2 Å². The lowest BCUT2D eigenvalue weighted by atomic mass is 9.95. The molecular formula is C20H27N3O3. The highest BCUT2D eigenvalue weighted by Crippen LogP contribution is 2.20. The minimum Gasteiger partial charge on any atom is -0.493 e. The molecule has 0 aliphatic carbocycles. The molecule has 6 heteroatoms. The minimum absolute atomic E-state index is 0.0192. The number of nitrogens with zero attached hydrogens (tertiary/aromatic N) is 3. The normalized spacial score (nSPS) is 17.9. The molecule has 0 aromatic heterocycles. The topological polar surface area (TPSA) is 73.6 Å². The average Bonchev–Trinajstić information content (AvgIpc) is 2.68. The Morgan fingerprint density at radius 3 is 2.81 bits per heavy atom. The summed E-state index contributed by atoms with van der Waals surface area (Å²) >= 11 is 0. The van der Waals surface area contributed by atoms with Gasteiger partial charge in [-0.3, -0.25) is 9.59 Å². The van der Waals surface area contributed by atoms with Crippen molar-refractivity contribution in [3.63, 3.8) is 0 Å². The van der Waals surface area contributed by atoms with Gasteiger partial charge in [0.2, 0.25) is 11.8 Å². The summed E-state index contributed by atoms with van der Waals surface area (Å²) in [6.45, 7) is 3.34. The number of nitriles is 1. The van der Waals surface area contributed by atoms with Crippen LogP contribution in [0.4, 0.5) is 0 Å². The van der Waals surface area contributed by atoms with Gasteiger partial charge in [-0.2, -0.15) is 5.26 Å². The molecule has 1 heterocycles. The Bertz CT molecular complexity index is 641. The summed E-state index contributed by atoms with van der Waals surface area (Å²) in [6.07, 6.45) is 2.22. The summed E-state index contributed by atoms with van der Waals surface area (Å²) in [5, 5.41) is 8.80. The van der Waals surface area contributed by atoms with E-state index in [1.54, 1.807) is 16.8 Å². The van der Waals surface area contributed by atoms with Crippen LogP contribution in [-0.2, 0) is 9.59 Å². The van der Waals surface area contributed by atoms with Gasteiger partial charge >= 0.3 is 0 Å². The molecule has 26 heavy (non-hydrogen) atoms. The number of carbonyl (C=O) groups excluding carboxylic acids is 2. The van der Waals surface area contributed by atoms with Crippen LogP contribution < -0.4 is 4.74 Å². The number of rotatable bonds is 7. The van der Waals surface area contributed by atoms with Crippen LogP contribution in [0, 0.1) is 17.2 Å². The van der Waals surface area contributed by atoms with Crippen molar-refractivity contribution in [1.29, 1.82) is 5.26 Å². The van der Waals surface area contributed by atoms with Gasteiger partial charge in [-0.15, -0.1) is 0 Å². The molecule has 0 bridgehead atoms. The molecule has 0 spiro atoms. The quantitative estimate of drug-likeness (QED) is 0.751. The molecule has 140 valence electrons. The van der Waals surface area contributed by atoms with E-state index in [1.165, 1.54) is 0 Å². The Hall–Kier alpha value is -2.55. The second kappa shape index (κ2) is 9.81. The van der Waals surface area contributed by atoms with Crippen LogP contribution in [0.3, 0.4) is 0 Å². The largest absolute Gasteiger partial charge is 0.493 e. The van der Waals surface area contributed by atoms with Gasteiger partial charge in [0.05, 0.1) is 31.4 Å². The summed E-state index contributed by atoms with van der Waals surface area (Å²) < 4.78 is 5.59. The molecule has 0 radical (unpaired) electrons. The number of para-hydroxylation sites is 1. The van der Waals surface area contributed by atoms with Gasteiger partial charge < -0.3 is 14.5 Å². The molecule has 1 aliphatic heterocycles. The number of likely N-dealkylation sites (tertiary alicyclic amines) is 1. The first kappa shape index (κ1) is 19.8. The third-order valence-corrected chi connectivity index (χ3v) is 4.85.